The quantitative estimate of drug-likeness (QED) is 0.222. The number of rotatable bonds is 12. The molecule has 0 fully saturated rings. The molecule has 0 radical (unpaired) electrons. The number of benzene rings is 2. The summed E-state index contributed by atoms with van der Waals surface area (Å²) in [5, 5.41) is 26.4. The van der Waals surface area contributed by atoms with Crippen LogP contribution in [0.1, 0.15) is 0 Å². The van der Waals surface area contributed by atoms with Crippen LogP contribution in [-0.2, 0) is 33.4 Å². The molecule has 0 bridgehead atoms. The van der Waals surface area contributed by atoms with Crippen LogP contribution in [0.3, 0.4) is 0 Å². The van der Waals surface area contributed by atoms with Crippen LogP contribution in [0, 0.1) is 0 Å². The first-order valence-electron chi connectivity index (χ1n) is 8.89. The number of azo groups is 1. The predicted molar refractivity (Wildman–Crippen MR) is 110 cm³/mol. The Bertz CT molecular complexity index is 997. The van der Waals surface area contributed by atoms with E-state index in [0.29, 0.717) is 24.5 Å². The first-order chi connectivity index (χ1) is 14.4. The molecular weight excluding hydrogens is 457 g/mol. The van der Waals surface area contributed by atoms with Crippen LogP contribution in [0.4, 0.5) is 17.1 Å². The van der Waals surface area contributed by atoms with Gasteiger partial charge in [-0.3, -0.25) is 0 Å². The van der Waals surface area contributed by atoms with E-state index in [4.69, 9.17) is 10.2 Å². The maximum absolute atomic E-state index is 12.1. The van der Waals surface area contributed by atoms with E-state index in [1.54, 1.807) is 24.3 Å². The molecule has 0 saturated carbocycles. The van der Waals surface area contributed by atoms with Gasteiger partial charge >= 0.3 is 29.6 Å². The van der Waals surface area contributed by atoms with Crippen LogP contribution < -0.4 is 34.5 Å². The first kappa shape index (κ1) is 27.7. The summed E-state index contributed by atoms with van der Waals surface area (Å²) in [6, 6.07) is 12.8. The van der Waals surface area contributed by atoms with E-state index in [-0.39, 0.29) is 47.7 Å². The average Bonchev–Trinajstić information content (AvgIpc) is 2.72. The molecule has 2 aromatic carbocycles. The molecule has 0 heterocycles. The maximum Gasteiger partial charge on any atom is 1.00 e. The molecule has 0 spiro atoms. The van der Waals surface area contributed by atoms with Crippen LogP contribution in [0.15, 0.2) is 63.7 Å². The summed E-state index contributed by atoms with van der Waals surface area (Å²) in [5.74, 6) is -0.461. The summed E-state index contributed by atoms with van der Waals surface area (Å²) >= 11 is 0. The van der Waals surface area contributed by atoms with Gasteiger partial charge in [0.25, 0.3) is 0 Å². The molecule has 164 valence electrons. The zero-order chi connectivity index (χ0) is 22.0. The molecule has 2 N–H and O–H groups in total. The molecule has 0 atom stereocenters. The number of aliphatic hydroxyl groups excluding tert-OH is 2. The van der Waals surface area contributed by atoms with Gasteiger partial charge in [0.05, 0.1) is 46.2 Å². The molecule has 2 rings (SSSR count). The second-order valence-electron chi connectivity index (χ2n) is 5.99. The van der Waals surface area contributed by atoms with Gasteiger partial charge in [0.2, 0.25) is 0 Å². The van der Waals surface area contributed by atoms with Crippen LogP contribution in [0.25, 0.3) is 0 Å². The zero-order valence-electron chi connectivity index (χ0n) is 17.0. The van der Waals surface area contributed by atoms with Crippen LogP contribution in [0.5, 0.6) is 0 Å². The van der Waals surface area contributed by atoms with E-state index in [0.717, 1.165) is 5.69 Å². The molecule has 0 aliphatic heterocycles. The van der Waals surface area contributed by atoms with Gasteiger partial charge in [-0.1, -0.05) is 0 Å². The number of nitrogens with zero attached hydrogens (tertiary/aromatic N) is 3. The summed E-state index contributed by atoms with van der Waals surface area (Å²) in [4.78, 5) is 1.86. The Hall–Kier alpha value is -1.38. The normalized spacial score (nSPS) is 11.6. The second-order valence-corrected chi connectivity index (χ2v) is 8.74. The smallest absolute Gasteiger partial charge is 0.423 e. The van der Waals surface area contributed by atoms with Crippen molar-refractivity contribution in [2.75, 3.05) is 43.6 Å². The SMILES string of the molecule is O=[S-](=O)OCCS(=O)(=O)c1ccc(N=Nc2ccc(N(CCO)CCO)cc2)cc1.[Na+]. The standard InChI is InChI=1S/C18H22N3O7S2.Na/c22-11-9-21(10-12-23)17-5-1-15(2-6-17)19-20-16-3-7-18(8-4-16)30(26,27)14-13-28-29(24)25;/h1-8,22-23H,9-14H2;/q-1;+1. The fourth-order valence-corrected chi connectivity index (χ4v) is 3.92. The predicted octanol–water partition coefficient (Wildman–Crippen LogP) is -1.09. The Morgan fingerprint density at radius 2 is 1.35 bits per heavy atom. The second kappa shape index (κ2) is 13.9. The monoisotopic (exact) mass is 479 g/mol. The van der Waals surface area contributed by atoms with Gasteiger partial charge in [0.15, 0.2) is 9.84 Å². The number of hydrogen-bond acceptors (Lipinski definition) is 11. The minimum absolute atomic E-state index is 0. The molecule has 0 saturated heterocycles. The molecular formula is C18H22N3NaO7S2. The summed E-state index contributed by atoms with van der Waals surface area (Å²) in [5.41, 5.74) is 1.85. The van der Waals surface area contributed by atoms with Crippen molar-refractivity contribution in [3.63, 3.8) is 0 Å². The van der Waals surface area contributed by atoms with Crippen LogP contribution in [0.2, 0.25) is 0 Å². The third-order valence-electron chi connectivity index (χ3n) is 3.96. The van der Waals surface area contributed by atoms with E-state index in [1.807, 2.05) is 4.90 Å². The summed E-state index contributed by atoms with van der Waals surface area (Å²) in [6.45, 7) is 0.287. The van der Waals surface area contributed by atoms with E-state index in [2.05, 4.69) is 14.4 Å². The van der Waals surface area contributed by atoms with Gasteiger partial charge < -0.3 is 27.7 Å². The van der Waals surface area contributed by atoms with Gasteiger partial charge in [-0.2, -0.15) is 10.2 Å². The number of hydrogen-bond donors (Lipinski definition) is 2. The molecule has 0 aliphatic rings. The Labute approximate surface area is 204 Å². The number of aliphatic hydroxyl groups is 2. The molecule has 2 aromatic rings. The van der Waals surface area contributed by atoms with Gasteiger partial charge in [-0.25, -0.2) is 8.42 Å². The third kappa shape index (κ3) is 9.33. The Morgan fingerprint density at radius 1 is 0.871 bits per heavy atom. The van der Waals surface area contributed by atoms with Crippen molar-refractivity contribution in [2.24, 2.45) is 10.2 Å². The minimum Gasteiger partial charge on any atom is -0.423 e. The topological polar surface area (TPSA) is 146 Å². The van der Waals surface area contributed by atoms with E-state index in [9.17, 15) is 16.8 Å². The molecule has 0 aliphatic carbocycles. The zero-order valence-corrected chi connectivity index (χ0v) is 20.6. The van der Waals surface area contributed by atoms with Crippen molar-refractivity contribution in [3.8, 4) is 0 Å². The molecule has 13 heteroatoms. The van der Waals surface area contributed by atoms with Crippen molar-refractivity contribution in [3.05, 3.63) is 48.5 Å². The summed E-state index contributed by atoms with van der Waals surface area (Å²) < 4.78 is 49.1. The molecule has 10 nitrogen and oxygen atoms in total. The summed E-state index contributed by atoms with van der Waals surface area (Å²) in [6.07, 6.45) is 0. The van der Waals surface area contributed by atoms with Gasteiger partial charge in [-0.15, -0.1) is 0 Å². The third-order valence-corrected chi connectivity index (χ3v) is 6.02. The minimum atomic E-state index is -3.67. The van der Waals surface area contributed by atoms with Crippen LogP contribution in [-0.4, -0.2) is 57.3 Å². The fourth-order valence-electron chi connectivity index (χ4n) is 2.51. The molecule has 31 heavy (non-hydrogen) atoms. The Morgan fingerprint density at radius 3 is 1.81 bits per heavy atom. The van der Waals surface area contributed by atoms with E-state index in [1.165, 1.54) is 24.3 Å². The van der Waals surface area contributed by atoms with Gasteiger partial charge in [0.1, 0.15) is 0 Å². The largest absolute Gasteiger partial charge is 1.00 e. The Balaban J connectivity index is 0.00000480. The molecule has 0 aromatic heterocycles. The summed E-state index contributed by atoms with van der Waals surface area (Å²) in [7, 11) is -6.43. The fraction of sp³-hybridized carbons (Fsp3) is 0.333. The molecule has 0 unspecified atom stereocenters. The van der Waals surface area contributed by atoms with E-state index >= 15 is 0 Å². The Kier molecular flexibility index (Phi) is 12.4. The van der Waals surface area contributed by atoms with Gasteiger partial charge in [-0.05, 0) is 48.5 Å². The van der Waals surface area contributed by atoms with E-state index < -0.39 is 33.2 Å². The van der Waals surface area contributed by atoms with Crippen LogP contribution >= 0.6 is 0 Å². The average molecular weight is 480 g/mol. The first-order valence-corrected chi connectivity index (χ1v) is 11.5. The number of anilines is 1. The van der Waals surface area contributed by atoms with Crippen molar-refractivity contribution in [2.45, 2.75) is 4.90 Å². The van der Waals surface area contributed by atoms with Gasteiger partial charge in [0, 0.05) is 25.4 Å². The van der Waals surface area contributed by atoms with Crippen molar-refractivity contribution >= 4 is 37.9 Å². The van der Waals surface area contributed by atoms with Crippen molar-refractivity contribution in [1.82, 2.24) is 0 Å². The van der Waals surface area contributed by atoms with Crippen molar-refractivity contribution < 1.29 is 60.8 Å². The molecule has 0 amide bonds. The van der Waals surface area contributed by atoms with Crippen molar-refractivity contribution in [1.29, 1.82) is 0 Å². The maximum atomic E-state index is 12.1. The number of sulfone groups is 1.